The molecule has 3 N–H and O–H groups in total. The normalized spacial score (nSPS) is 18.1. The Labute approximate surface area is 113 Å². The molecular weight excluding hydrogens is 244 g/mol. The summed E-state index contributed by atoms with van der Waals surface area (Å²) in [6.45, 7) is 2.58. The standard InChI is InChI=1S/C14H20N2O3/c1-10-14(18)16(7-3-2-4-8-17)12-6-5-11(15)9-13(12)19-10/h5-6,9-10,17H,2-4,7-8,15H2,1H3. The number of anilines is 2. The van der Waals surface area contributed by atoms with Crippen molar-refractivity contribution in [2.24, 2.45) is 0 Å². The van der Waals surface area contributed by atoms with Crippen molar-refractivity contribution in [2.75, 3.05) is 23.8 Å². The molecule has 0 saturated carbocycles. The Morgan fingerprint density at radius 1 is 1.37 bits per heavy atom. The molecule has 1 atom stereocenters. The van der Waals surface area contributed by atoms with E-state index in [0.717, 1.165) is 24.9 Å². The number of fused-ring (bicyclic) bond motifs is 1. The molecule has 0 saturated heterocycles. The van der Waals surface area contributed by atoms with Crippen molar-refractivity contribution in [3.05, 3.63) is 18.2 Å². The SMILES string of the molecule is CC1Oc2cc(N)ccc2N(CCCCCO)C1=O. The highest BCUT2D eigenvalue weighted by Crippen LogP contribution is 2.35. The van der Waals surface area contributed by atoms with Gasteiger partial charge in [0.05, 0.1) is 5.69 Å². The second-order valence-corrected chi connectivity index (χ2v) is 4.76. The number of carbonyl (C=O) groups excluding carboxylic acids is 1. The molecule has 0 aliphatic carbocycles. The highest BCUT2D eigenvalue weighted by Gasteiger charge is 2.30. The quantitative estimate of drug-likeness (QED) is 0.625. The molecule has 1 unspecified atom stereocenters. The van der Waals surface area contributed by atoms with E-state index in [-0.39, 0.29) is 12.5 Å². The zero-order valence-electron chi connectivity index (χ0n) is 11.1. The largest absolute Gasteiger partial charge is 0.479 e. The zero-order valence-corrected chi connectivity index (χ0v) is 11.1. The van der Waals surface area contributed by atoms with Gasteiger partial charge in [-0.3, -0.25) is 4.79 Å². The number of carbonyl (C=O) groups is 1. The van der Waals surface area contributed by atoms with Crippen molar-refractivity contribution in [2.45, 2.75) is 32.3 Å². The van der Waals surface area contributed by atoms with Crippen molar-refractivity contribution in [3.8, 4) is 5.75 Å². The third-order valence-corrected chi connectivity index (χ3v) is 3.23. The van der Waals surface area contributed by atoms with Crippen LogP contribution in [-0.2, 0) is 4.79 Å². The number of hydrogen-bond donors (Lipinski definition) is 2. The molecule has 0 bridgehead atoms. The minimum Gasteiger partial charge on any atom is -0.479 e. The van der Waals surface area contributed by atoms with Crippen LogP contribution in [0.1, 0.15) is 26.2 Å². The number of ether oxygens (including phenoxy) is 1. The van der Waals surface area contributed by atoms with Gasteiger partial charge >= 0.3 is 0 Å². The Morgan fingerprint density at radius 2 is 2.16 bits per heavy atom. The van der Waals surface area contributed by atoms with Crippen LogP contribution in [0.4, 0.5) is 11.4 Å². The summed E-state index contributed by atoms with van der Waals surface area (Å²) in [5.41, 5.74) is 7.14. The van der Waals surface area contributed by atoms with Crippen LogP contribution in [0.25, 0.3) is 0 Å². The minimum atomic E-state index is -0.479. The van der Waals surface area contributed by atoms with Crippen LogP contribution in [0.3, 0.4) is 0 Å². The monoisotopic (exact) mass is 264 g/mol. The van der Waals surface area contributed by atoms with Crippen molar-refractivity contribution in [1.82, 2.24) is 0 Å². The van der Waals surface area contributed by atoms with Crippen molar-refractivity contribution < 1.29 is 14.6 Å². The van der Waals surface area contributed by atoms with Crippen molar-refractivity contribution in [1.29, 1.82) is 0 Å². The number of nitrogens with two attached hydrogens (primary N) is 1. The fourth-order valence-electron chi connectivity index (χ4n) is 2.22. The van der Waals surface area contributed by atoms with Crippen LogP contribution >= 0.6 is 0 Å². The first-order valence-corrected chi connectivity index (χ1v) is 6.62. The molecule has 104 valence electrons. The fraction of sp³-hybridized carbons (Fsp3) is 0.500. The molecule has 2 rings (SSSR count). The van der Waals surface area contributed by atoms with Crippen LogP contribution in [0, 0.1) is 0 Å². The van der Waals surface area contributed by atoms with E-state index in [0.29, 0.717) is 18.0 Å². The van der Waals surface area contributed by atoms with Crippen LogP contribution in [0.15, 0.2) is 18.2 Å². The Hall–Kier alpha value is -1.75. The highest BCUT2D eigenvalue weighted by molar-refractivity contribution is 6.00. The predicted octanol–water partition coefficient (Wildman–Crippen LogP) is 1.55. The second kappa shape index (κ2) is 5.93. The number of nitrogen functional groups attached to an aromatic ring is 1. The fourth-order valence-corrected chi connectivity index (χ4v) is 2.22. The molecule has 1 aromatic rings. The average molecular weight is 264 g/mol. The van der Waals surface area contributed by atoms with Gasteiger partial charge in [-0.2, -0.15) is 0 Å². The maximum Gasteiger partial charge on any atom is 0.267 e. The number of nitrogens with zero attached hydrogens (tertiary/aromatic N) is 1. The van der Waals surface area contributed by atoms with Crippen LogP contribution in [0.2, 0.25) is 0 Å². The Bertz CT molecular complexity index is 462. The highest BCUT2D eigenvalue weighted by atomic mass is 16.5. The lowest BCUT2D eigenvalue weighted by Crippen LogP contribution is -2.44. The summed E-state index contributed by atoms with van der Waals surface area (Å²) in [5.74, 6) is 0.635. The molecule has 19 heavy (non-hydrogen) atoms. The summed E-state index contributed by atoms with van der Waals surface area (Å²) in [7, 11) is 0. The van der Waals surface area contributed by atoms with Gasteiger partial charge in [-0.05, 0) is 38.3 Å². The lowest BCUT2D eigenvalue weighted by molar-refractivity contribution is -0.125. The molecule has 1 aromatic carbocycles. The molecule has 5 nitrogen and oxygen atoms in total. The van der Waals surface area contributed by atoms with E-state index in [4.69, 9.17) is 15.6 Å². The van der Waals surface area contributed by atoms with Gasteiger partial charge in [0.2, 0.25) is 0 Å². The minimum absolute atomic E-state index is 0.0266. The molecule has 1 heterocycles. The number of aliphatic hydroxyl groups is 1. The van der Waals surface area contributed by atoms with E-state index in [9.17, 15) is 4.79 Å². The number of aliphatic hydroxyl groups excluding tert-OH is 1. The van der Waals surface area contributed by atoms with Crippen LogP contribution in [-0.4, -0.2) is 30.3 Å². The molecule has 0 fully saturated rings. The number of rotatable bonds is 5. The van der Waals surface area contributed by atoms with Crippen LogP contribution < -0.4 is 15.4 Å². The molecule has 1 amide bonds. The topological polar surface area (TPSA) is 75.8 Å². The van der Waals surface area contributed by atoms with Gasteiger partial charge in [-0.1, -0.05) is 0 Å². The number of amides is 1. The van der Waals surface area contributed by atoms with Gasteiger partial charge < -0.3 is 20.5 Å². The first kappa shape index (κ1) is 13.7. The summed E-state index contributed by atoms with van der Waals surface area (Å²) in [5, 5.41) is 8.77. The molecule has 1 aliphatic heterocycles. The van der Waals surface area contributed by atoms with Gasteiger partial charge in [-0.15, -0.1) is 0 Å². The average Bonchev–Trinajstić information content (AvgIpc) is 2.38. The first-order valence-electron chi connectivity index (χ1n) is 6.62. The van der Waals surface area contributed by atoms with Gasteiger partial charge in [0.15, 0.2) is 6.10 Å². The van der Waals surface area contributed by atoms with Gasteiger partial charge in [0.1, 0.15) is 5.75 Å². The number of hydrogen-bond acceptors (Lipinski definition) is 4. The van der Waals surface area contributed by atoms with Gasteiger partial charge in [0.25, 0.3) is 5.91 Å². The maximum absolute atomic E-state index is 12.2. The first-order chi connectivity index (χ1) is 9.13. The van der Waals surface area contributed by atoms with Crippen LogP contribution in [0.5, 0.6) is 5.75 Å². The Kier molecular flexibility index (Phi) is 4.27. The number of benzene rings is 1. The number of unbranched alkanes of at least 4 members (excludes halogenated alkanes) is 2. The van der Waals surface area contributed by atoms with E-state index in [2.05, 4.69) is 0 Å². The van der Waals surface area contributed by atoms with Crippen molar-refractivity contribution in [3.63, 3.8) is 0 Å². The van der Waals surface area contributed by atoms with E-state index in [1.807, 2.05) is 6.07 Å². The summed E-state index contributed by atoms with van der Waals surface area (Å²) < 4.78 is 5.57. The molecule has 1 aliphatic rings. The molecule has 0 aromatic heterocycles. The lowest BCUT2D eigenvalue weighted by atomic mass is 10.1. The van der Waals surface area contributed by atoms with E-state index in [1.165, 1.54) is 0 Å². The zero-order chi connectivity index (χ0) is 13.8. The van der Waals surface area contributed by atoms with Gasteiger partial charge in [-0.25, -0.2) is 0 Å². The maximum atomic E-state index is 12.2. The summed E-state index contributed by atoms with van der Waals surface area (Å²) >= 11 is 0. The summed E-state index contributed by atoms with van der Waals surface area (Å²) in [4.78, 5) is 13.9. The predicted molar refractivity (Wildman–Crippen MR) is 74.2 cm³/mol. The van der Waals surface area contributed by atoms with E-state index in [1.54, 1.807) is 24.0 Å². The smallest absolute Gasteiger partial charge is 0.267 e. The molecule has 0 radical (unpaired) electrons. The van der Waals surface area contributed by atoms with E-state index >= 15 is 0 Å². The Balaban J connectivity index is 2.14. The third kappa shape index (κ3) is 2.98. The molecule has 5 heteroatoms. The Morgan fingerprint density at radius 3 is 2.89 bits per heavy atom. The summed E-state index contributed by atoms with van der Waals surface area (Å²) in [6, 6.07) is 5.34. The third-order valence-electron chi connectivity index (χ3n) is 3.23. The summed E-state index contributed by atoms with van der Waals surface area (Å²) in [6.07, 6.45) is 2.05. The lowest BCUT2D eigenvalue weighted by Gasteiger charge is -2.33. The van der Waals surface area contributed by atoms with E-state index < -0.39 is 6.10 Å². The van der Waals surface area contributed by atoms with Gasteiger partial charge in [0, 0.05) is 24.9 Å². The molecular formula is C14H20N2O3. The molecule has 0 spiro atoms. The second-order valence-electron chi connectivity index (χ2n) is 4.76. The van der Waals surface area contributed by atoms with Crippen molar-refractivity contribution >= 4 is 17.3 Å².